The number of carbonyl (C=O) groups is 1. The van der Waals surface area contributed by atoms with Gasteiger partial charge in [-0.1, -0.05) is 48.0 Å². The Balaban J connectivity index is 1.60. The second kappa shape index (κ2) is 8.59. The van der Waals surface area contributed by atoms with Crippen molar-refractivity contribution in [2.24, 2.45) is 4.99 Å². The molecule has 30 heavy (non-hydrogen) atoms. The third-order valence-electron chi connectivity index (χ3n) is 4.87. The van der Waals surface area contributed by atoms with Crippen molar-refractivity contribution in [3.05, 3.63) is 88.8 Å². The molecule has 4 rings (SSSR count). The normalized spacial score (nSPS) is 16.5. The van der Waals surface area contributed by atoms with E-state index in [0.717, 1.165) is 28.1 Å². The summed E-state index contributed by atoms with van der Waals surface area (Å²) < 4.78 is 5.23. The number of carbonyl (C=O) groups excluding carboxylic acids is 1. The predicted octanol–water partition coefficient (Wildman–Crippen LogP) is 5.90. The van der Waals surface area contributed by atoms with E-state index in [9.17, 15) is 4.79 Å². The van der Waals surface area contributed by atoms with E-state index in [1.165, 1.54) is 17.3 Å². The van der Waals surface area contributed by atoms with E-state index in [-0.39, 0.29) is 5.91 Å². The smallest absolute Gasteiger partial charge is 0.266 e. The van der Waals surface area contributed by atoms with Crippen LogP contribution in [0.5, 0.6) is 5.75 Å². The first-order chi connectivity index (χ1) is 14.5. The Labute approximate surface area is 180 Å². The van der Waals surface area contributed by atoms with Gasteiger partial charge in [-0.15, -0.1) is 0 Å². The maximum atomic E-state index is 12.7. The molecule has 1 saturated heterocycles. The molecule has 1 aliphatic rings. The van der Waals surface area contributed by atoms with E-state index in [0.29, 0.717) is 10.1 Å². The van der Waals surface area contributed by atoms with Gasteiger partial charge in [-0.2, -0.15) is 0 Å². The highest BCUT2D eigenvalue weighted by molar-refractivity contribution is 8.18. The lowest BCUT2D eigenvalue weighted by Gasteiger charge is -2.07. The third kappa shape index (κ3) is 4.31. The number of ether oxygens (including phenoxy) is 1. The predicted molar refractivity (Wildman–Crippen MR) is 125 cm³/mol. The van der Waals surface area contributed by atoms with Crippen molar-refractivity contribution in [1.29, 1.82) is 0 Å². The Kier molecular flexibility index (Phi) is 5.72. The molecule has 0 radical (unpaired) electrons. The number of thioether (sulfide) groups is 1. The summed E-state index contributed by atoms with van der Waals surface area (Å²) in [4.78, 5) is 19.6. The van der Waals surface area contributed by atoms with Gasteiger partial charge in [0.15, 0.2) is 5.17 Å². The van der Waals surface area contributed by atoms with Crippen LogP contribution in [0, 0.1) is 6.92 Å². The van der Waals surface area contributed by atoms with Gasteiger partial charge in [-0.05, 0) is 71.8 Å². The Morgan fingerprint density at radius 3 is 2.40 bits per heavy atom. The van der Waals surface area contributed by atoms with Gasteiger partial charge >= 0.3 is 0 Å². The minimum atomic E-state index is -0.0410. The van der Waals surface area contributed by atoms with E-state index in [1.54, 1.807) is 19.1 Å². The number of amidine groups is 1. The lowest BCUT2D eigenvalue weighted by atomic mass is 10.0. The number of hydrogen-bond acceptors (Lipinski definition) is 4. The van der Waals surface area contributed by atoms with Gasteiger partial charge in [0.1, 0.15) is 5.75 Å². The lowest BCUT2D eigenvalue weighted by molar-refractivity contribution is -0.121. The van der Waals surface area contributed by atoms with Crippen LogP contribution >= 0.6 is 11.8 Å². The molecule has 3 aromatic carbocycles. The summed E-state index contributed by atoms with van der Waals surface area (Å²) in [6.45, 7) is 2.04. The number of benzene rings is 3. The quantitative estimate of drug-likeness (QED) is 0.499. The summed E-state index contributed by atoms with van der Waals surface area (Å²) in [5.41, 5.74) is 5.18. The van der Waals surface area contributed by atoms with Crippen LogP contribution in [0.25, 0.3) is 17.2 Å². The van der Waals surface area contributed by atoms with E-state index in [2.05, 4.69) is 17.1 Å². The summed E-state index contributed by atoms with van der Waals surface area (Å²) in [5, 5.41) is 0.682. The highest BCUT2D eigenvalue weighted by Gasteiger charge is 2.30. The van der Waals surface area contributed by atoms with E-state index >= 15 is 0 Å². The Hall–Kier alpha value is -3.31. The van der Waals surface area contributed by atoms with E-state index < -0.39 is 0 Å². The van der Waals surface area contributed by atoms with Crippen LogP contribution in [0.2, 0.25) is 0 Å². The van der Waals surface area contributed by atoms with E-state index in [4.69, 9.17) is 4.74 Å². The number of nitrogens with zero attached hydrogens (tertiary/aromatic N) is 2. The van der Waals surface area contributed by atoms with Crippen LogP contribution < -0.4 is 4.74 Å². The van der Waals surface area contributed by atoms with Crippen molar-refractivity contribution in [2.75, 3.05) is 14.2 Å². The molecule has 1 fully saturated rings. The molecule has 0 unspecified atom stereocenters. The molecule has 0 atom stereocenters. The minimum Gasteiger partial charge on any atom is -0.497 e. The number of aliphatic imine (C=N–C) groups is 1. The Morgan fingerprint density at radius 2 is 1.70 bits per heavy atom. The molecule has 0 aliphatic carbocycles. The monoisotopic (exact) mass is 414 g/mol. The topological polar surface area (TPSA) is 41.9 Å². The lowest BCUT2D eigenvalue weighted by Crippen LogP contribution is -2.23. The number of likely N-dealkylation sites (N-methyl/N-ethyl adjacent to an activating group) is 1. The maximum Gasteiger partial charge on any atom is 0.266 e. The van der Waals surface area contributed by atoms with Gasteiger partial charge in [-0.25, -0.2) is 4.99 Å². The molecule has 0 saturated carbocycles. The summed E-state index contributed by atoms with van der Waals surface area (Å²) in [7, 11) is 3.42. The SMILES string of the molecule is COc1ccc(-c2cccc(/C=C3\SC(=Nc4ccc(C)cc4)N(C)C3=O)c2)cc1. The minimum absolute atomic E-state index is 0.0410. The van der Waals surface area contributed by atoms with Crippen molar-refractivity contribution >= 4 is 34.6 Å². The van der Waals surface area contributed by atoms with Gasteiger partial charge in [0.2, 0.25) is 0 Å². The van der Waals surface area contributed by atoms with Crippen LogP contribution in [0.3, 0.4) is 0 Å². The van der Waals surface area contributed by atoms with Crippen molar-refractivity contribution in [1.82, 2.24) is 4.90 Å². The maximum absolute atomic E-state index is 12.7. The summed E-state index contributed by atoms with van der Waals surface area (Å²) in [6.07, 6.45) is 1.92. The summed E-state index contributed by atoms with van der Waals surface area (Å²) in [6, 6.07) is 24.0. The molecule has 1 heterocycles. The molecule has 4 nitrogen and oxygen atoms in total. The second-order valence-electron chi connectivity index (χ2n) is 7.06. The first-order valence-electron chi connectivity index (χ1n) is 9.61. The third-order valence-corrected chi connectivity index (χ3v) is 5.93. The van der Waals surface area contributed by atoms with Gasteiger partial charge < -0.3 is 4.74 Å². The van der Waals surface area contributed by atoms with Crippen LogP contribution in [0.15, 0.2) is 82.7 Å². The first-order valence-corrected chi connectivity index (χ1v) is 10.4. The number of methoxy groups -OCH3 is 1. The van der Waals surface area contributed by atoms with Gasteiger partial charge in [-0.3, -0.25) is 9.69 Å². The molecule has 1 aliphatic heterocycles. The molecule has 150 valence electrons. The van der Waals surface area contributed by atoms with Gasteiger partial charge in [0.05, 0.1) is 17.7 Å². The van der Waals surface area contributed by atoms with Crippen LogP contribution in [-0.2, 0) is 4.79 Å². The molecule has 0 bridgehead atoms. The fourth-order valence-electron chi connectivity index (χ4n) is 3.12. The van der Waals surface area contributed by atoms with Crippen LogP contribution in [0.1, 0.15) is 11.1 Å². The van der Waals surface area contributed by atoms with Gasteiger partial charge in [0.25, 0.3) is 5.91 Å². The fraction of sp³-hybridized carbons (Fsp3) is 0.120. The van der Waals surface area contributed by atoms with Gasteiger partial charge in [0, 0.05) is 7.05 Å². The zero-order valence-corrected chi connectivity index (χ0v) is 17.9. The Bertz CT molecular complexity index is 1130. The van der Waals surface area contributed by atoms with Crippen molar-refractivity contribution < 1.29 is 9.53 Å². The number of hydrogen-bond donors (Lipinski definition) is 0. The van der Waals surface area contributed by atoms with Crippen molar-refractivity contribution in [3.8, 4) is 16.9 Å². The number of amides is 1. The number of aryl methyl sites for hydroxylation is 1. The first kappa shape index (κ1) is 20.0. The molecule has 0 spiro atoms. The zero-order valence-electron chi connectivity index (χ0n) is 17.1. The second-order valence-corrected chi connectivity index (χ2v) is 8.07. The molecule has 3 aromatic rings. The summed E-state index contributed by atoms with van der Waals surface area (Å²) >= 11 is 1.40. The molecule has 1 amide bonds. The molecular formula is C25H22N2O2S. The standard InChI is InChI=1S/C25H22N2O2S/c1-17-7-11-21(12-8-17)26-25-27(2)24(28)23(30-25)16-18-5-4-6-20(15-18)19-9-13-22(29-3)14-10-19/h4-16H,1-3H3/b23-16-,26-25?. The highest BCUT2D eigenvalue weighted by atomic mass is 32.2. The zero-order chi connectivity index (χ0) is 21.1. The average Bonchev–Trinajstić information content (AvgIpc) is 3.03. The number of rotatable bonds is 4. The molecular weight excluding hydrogens is 392 g/mol. The van der Waals surface area contributed by atoms with Crippen molar-refractivity contribution in [3.63, 3.8) is 0 Å². The van der Waals surface area contributed by atoms with Crippen LogP contribution in [0.4, 0.5) is 5.69 Å². The van der Waals surface area contributed by atoms with E-state index in [1.807, 2.05) is 73.7 Å². The largest absolute Gasteiger partial charge is 0.497 e. The average molecular weight is 415 g/mol. The molecule has 0 aromatic heterocycles. The molecule has 5 heteroatoms. The highest BCUT2D eigenvalue weighted by Crippen LogP contribution is 2.34. The summed E-state index contributed by atoms with van der Waals surface area (Å²) in [5.74, 6) is 0.786. The van der Waals surface area contributed by atoms with Crippen molar-refractivity contribution in [2.45, 2.75) is 6.92 Å². The Morgan fingerprint density at radius 1 is 0.967 bits per heavy atom. The molecule has 0 N–H and O–H groups in total. The van der Waals surface area contributed by atoms with Crippen LogP contribution in [-0.4, -0.2) is 30.1 Å². The fourth-order valence-corrected chi connectivity index (χ4v) is 4.11.